The van der Waals surface area contributed by atoms with Crippen LogP contribution in [0.25, 0.3) is 0 Å². The summed E-state index contributed by atoms with van der Waals surface area (Å²) in [6, 6.07) is 29.9. The first-order chi connectivity index (χ1) is 17.2. The third-order valence-corrected chi connectivity index (χ3v) is 12.1. The van der Waals surface area contributed by atoms with Gasteiger partial charge in [-0.2, -0.15) is 5.26 Å². The molecule has 1 atom stereocenters. The van der Waals surface area contributed by atoms with Crippen molar-refractivity contribution in [3.05, 3.63) is 101 Å². The largest absolute Gasteiger partial charge is 0.543 e. The summed E-state index contributed by atoms with van der Waals surface area (Å²) in [5.74, 6) is 0.959. The molecule has 1 unspecified atom stereocenters. The topological polar surface area (TPSA) is 39.5 Å². The van der Waals surface area contributed by atoms with Crippen molar-refractivity contribution in [1.82, 2.24) is 9.80 Å². The van der Waals surface area contributed by atoms with Crippen LogP contribution in [-0.2, 0) is 6.54 Å². The molecule has 5 heteroatoms. The van der Waals surface area contributed by atoms with Crippen LogP contribution in [0.5, 0.6) is 5.75 Å². The molecule has 0 bridgehead atoms. The number of rotatable bonds is 7. The maximum Gasteiger partial charge on any atom is 0.250 e. The molecule has 188 valence electrons. The number of benzene rings is 3. The van der Waals surface area contributed by atoms with Crippen LogP contribution >= 0.6 is 0 Å². The monoisotopic (exact) mass is 497 g/mol. The predicted octanol–water partition coefficient (Wildman–Crippen LogP) is 6.85. The van der Waals surface area contributed by atoms with Crippen LogP contribution in [0.1, 0.15) is 49.1 Å². The molecule has 0 amide bonds. The normalized spacial score (nSPS) is 16.3. The van der Waals surface area contributed by atoms with E-state index in [0.29, 0.717) is 5.56 Å². The van der Waals surface area contributed by atoms with Gasteiger partial charge in [0.2, 0.25) is 8.32 Å². The maximum atomic E-state index is 9.31. The highest BCUT2D eigenvalue weighted by Crippen LogP contribution is 2.38. The molecule has 1 heterocycles. The number of piperazine rings is 1. The second-order valence-electron chi connectivity index (χ2n) is 11.4. The second kappa shape index (κ2) is 11.0. The number of nitriles is 1. The Bertz CT molecular complexity index is 1170. The highest BCUT2D eigenvalue weighted by atomic mass is 28.4. The number of hydrogen-bond acceptors (Lipinski definition) is 4. The lowest BCUT2D eigenvalue weighted by molar-refractivity contribution is 0.105. The zero-order valence-corrected chi connectivity index (χ0v) is 23.4. The Labute approximate surface area is 218 Å². The molecule has 1 fully saturated rings. The SMILES string of the molecule is CC(C)(C)[Si](C)(C)Oc1cccc(C(c2ccc(C#N)cc2)N2CCN(Cc3ccccc3)CC2)c1. The van der Waals surface area contributed by atoms with Crippen LogP contribution in [0, 0.1) is 11.3 Å². The van der Waals surface area contributed by atoms with Crippen LogP contribution < -0.4 is 4.43 Å². The Morgan fingerprint density at radius 1 is 0.861 bits per heavy atom. The van der Waals surface area contributed by atoms with Gasteiger partial charge in [-0.1, -0.05) is 75.4 Å². The lowest BCUT2D eigenvalue weighted by Crippen LogP contribution is -2.47. The van der Waals surface area contributed by atoms with Crippen molar-refractivity contribution in [2.75, 3.05) is 26.2 Å². The maximum absolute atomic E-state index is 9.31. The van der Waals surface area contributed by atoms with Crippen LogP contribution in [0.3, 0.4) is 0 Å². The number of hydrogen-bond donors (Lipinski definition) is 0. The Hall–Kier alpha value is -2.91. The van der Waals surface area contributed by atoms with Gasteiger partial charge in [0.15, 0.2) is 0 Å². The molecule has 0 spiro atoms. The van der Waals surface area contributed by atoms with Crippen molar-refractivity contribution in [2.24, 2.45) is 0 Å². The Morgan fingerprint density at radius 2 is 1.53 bits per heavy atom. The van der Waals surface area contributed by atoms with Crippen molar-refractivity contribution in [1.29, 1.82) is 5.26 Å². The molecule has 1 aliphatic rings. The van der Waals surface area contributed by atoms with Crippen molar-refractivity contribution < 1.29 is 4.43 Å². The van der Waals surface area contributed by atoms with E-state index in [1.54, 1.807) is 0 Å². The average Bonchev–Trinajstić information content (AvgIpc) is 2.86. The molecular formula is C31H39N3OSi. The molecular weight excluding hydrogens is 458 g/mol. The zero-order chi connectivity index (χ0) is 25.8. The molecule has 0 aliphatic carbocycles. The molecule has 4 nitrogen and oxygen atoms in total. The first-order valence-electron chi connectivity index (χ1n) is 13.0. The Kier molecular flexibility index (Phi) is 7.99. The molecule has 36 heavy (non-hydrogen) atoms. The van der Waals surface area contributed by atoms with Crippen LogP contribution in [0.2, 0.25) is 18.1 Å². The molecule has 0 N–H and O–H groups in total. The fourth-order valence-electron chi connectivity index (χ4n) is 4.57. The van der Waals surface area contributed by atoms with Gasteiger partial charge in [-0.15, -0.1) is 0 Å². The van der Waals surface area contributed by atoms with E-state index in [1.165, 1.54) is 16.7 Å². The summed E-state index contributed by atoms with van der Waals surface area (Å²) in [6.45, 7) is 16.4. The van der Waals surface area contributed by atoms with Crippen LogP contribution in [-0.4, -0.2) is 44.3 Å². The van der Waals surface area contributed by atoms with E-state index < -0.39 is 8.32 Å². The Morgan fingerprint density at radius 3 is 2.14 bits per heavy atom. The quantitative estimate of drug-likeness (QED) is 0.335. The first-order valence-corrected chi connectivity index (χ1v) is 15.9. The van der Waals surface area contributed by atoms with Gasteiger partial charge >= 0.3 is 0 Å². The first kappa shape index (κ1) is 26.2. The smallest absolute Gasteiger partial charge is 0.250 e. The van der Waals surface area contributed by atoms with Crippen LogP contribution in [0.15, 0.2) is 78.9 Å². The third-order valence-electron chi connectivity index (χ3n) is 7.73. The van der Waals surface area contributed by atoms with Gasteiger partial charge in [0.05, 0.1) is 17.7 Å². The van der Waals surface area contributed by atoms with E-state index in [0.717, 1.165) is 38.5 Å². The minimum Gasteiger partial charge on any atom is -0.543 e. The van der Waals surface area contributed by atoms with Crippen molar-refractivity contribution in [2.45, 2.75) is 51.5 Å². The average molecular weight is 498 g/mol. The van der Waals surface area contributed by atoms with E-state index in [9.17, 15) is 5.26 Å². The Balaban J connectivity index is 1.58. The van der Waals surface area contributed by atoms with E-state index in [2.05, 4.69) is 116 Å². The molecule has 1 aliphatic heterocycles. The minimum absolute atomic E-state index is 0.125. The molecule has 1 saturated heterocycles. The van der Waals surface area contributed by atoms with Gasteiger partial charge in [-0.3, -0.25) is 9.80 Å². The summed E-state index contributed by atoms with van der Waals surface area (Å²) < 4.78 is 6.67. The van der Waals surface area contributed by atoms with E-state index in [1.807, 2.05) is 12.1 Å². The van der Waals surface area contributed by atoms with Gasteiger partial charge < -0.3 is 4.43 Å². The van der Waals surface area contributed by atoms with Gasteiger partial charge in [0.25, 0.3) is 0 Å². The van der Waals surface area contributed by atoms with Gasteiger partial charge in [-0.05, 0) is 59.1 Å². The van der Waals surface area contributed by atoms with E-state index in [4.69, 9.17) is 4.43 Å². The van der Waals surface area contributed by atoms with E-state index >= 15 is 0 Å². The lowest BCUT2D eigenvalue weighted by Gasteiger charge is -2.40. The van der Waals surface area contributed by atoms with Crippen molar-refractivity contribution in [3.63, 3.8) is 0 Å². The van der Waals surface area contributed by atoms with Gasteiger partial charge in [-0.25, -0.2) is 0 Å². The molecule has 0 radical (unpaired) electrons. The van der Waals surface area contributed by atoms with Gasteiger partial charge in [0.1, 0.15) is 5.75 Å². The summed E-state index contributed by atoms with van der Waals surface area (Å²) in [4.78, 5) is 5.12. The molecule has 3 aromatic carbocycles. The summed E-state index contributed by atoms with van der Waals surface area (Å²) in [5.41, 5.74) is 4.52. The van der Waals surface area contributed by atoms with Crippen molar-refractivity contribution >= 4 is 8.32 Å². The molecule has 0 aromatic heterocycles. The number of nitrogens with zero attached hydrogens (tertiary/aromatic N) is 3. The summed E-state index contributed by atoms with van der Waals surface area (Å²) >= 11 is 0. The molecule has 4 rings (SSSR count). The van der Waals surface area contributed by atoms with Gasteiger partial charge in [0, 0.05) is 32.7 Å². The minimum atomic E-state index is -1.94. The molecule has 0 saturated carbocycles. The fraction of sp³-hybridized carbons (Fsp3) is 0.387. The summed E-state index contributed by atoms with van der Waals surface area (Å²) in [7, 11) is -1.94. The fourth-order valence-corrected chi connectivity index (χ4v) is 5.59. The third kappa shape index (κ3) is 6.25. The highest BCUT2D eigenvalue weighted by Gasteiger charge is 2.39. The predicted molar refractivity (Wildman–Crippen MR) is 151 cm³/mol. The second-order valence-corrected chi connectivity index (χ2v) is 16.1. The summed E-state index contributed by atoms with van der Waals surface area (Å²) in [5, 5.41) is 9.46. The highest BCUT2D eigenvalue weighted by molar-refractivity contribution is 6.74. The standard InChI is InChI=1S/C31H39N3OSi/c1-31(2,3)36(4,5)35-29-13-9-12-28(22-29)30(27-16-14-25(23-32)15-17-27)34-20-18-33(19-21-34)24-26-10-7-6-8-11-26/h6-17,22,30H,18-21,24H2,1-5H3. The molecule has 3 aromatic rings. The zero-order valence-electron chi connectivity index (χ0n) is 22.4. The van der Waals surface area contributed by atoms with E-state index in [-0.39, 0.29) is 11.1 Å². The van der Waals surface area contributed by atoms with Crippen molar-refractivity contribution in [3.8, 4) is 11.8 Å². The van der Waals surface area contributed by atoms with Crippen LogP contribution in [0.4, 0.5) is 0 Å². The summed E-state index contributed by atoms with van der Waals surface area (Å²) in [6.07, 6.45) is 0. The lowest BCUT2D eigenvalue weighted by atomic mass is 9.95.